The minimum Gasteiger partial charge on any atom is -1.00 e. The molecular weight excluding hydrogens is 384 g/mol. The molecule has 0 amide bonds. The first kappa shape index (κ1) is 15.4. The molecule has 0 aromatic rings. The number of quaternary nitrogens is 1. The molecule has 0 saturated carbocycles. The molecule has 0 aliphatic heterocycles. The lowest BCUT2D eigenvalue weighted by atomic mass is 10.5. The molecule has 0 rings (SSSR count). The van der Waals surface area contributed by atoms with Gasteiger partial charge in [-0.05, 0) is 0 Å². The highest BCUT2D eigenvalue weighted by Crippen LogP contribution is 1.91. The van der Waals surface area contributed by atoms with Gasteiger partial charge in [-0.25, -0.2) is 0 Å². The predicted octanol–water partition coefficient (Wildman–Crippen LogP) is -2.33. The molecule has 0 saturated heterocycles. The number of hydrogen-bond donors (Lipinski definition) is 0. The van der Waals surface area contributed by atoms with E-state index in [0.717, 1.165) is 11.0 Å². The molecule has 12 heavy (non-hydrogen) atoms. The molecule has 74 valence electrons. The molecule has 0 unspecified atom stereocenters. The zero-order valence-electron chi connectivity index (χ0n) is 7.64. The molecule has 5 heteroatoms. The third-order valence-corrected chi connectivity index (χ3v) is 1.76. The number of likely N-dealkylation sites (N-methyl/N-ethyl adjacent to an activating group) is 1. The van der Waals surface area contributed by atoms with E-state index in [9.17, 15) is 4.79 Å². The van der Waals surface area contributed by atoms with E-state index in [4.69, 9.17) is 4.74 Å². The summed E-state index contributed by atoms with van der Waals surface area (Å²) < 4.78 is 6.17. The zero-order valence-corrected chi connectivity index (χ0v) is 12.0. The Kier molecular flexibility index (Phi) is 9.36. The van der Waals surface area contributed by atoms with Crippen molar-refractivity contribution in [2.45, 2.75) is 0 Å². The third kappa shape index (κ3) is 10.9. The number of carbonyl (C=O) groups excluding carboxylic acids is 1. The van der Waals surface area contributed by atoms with E-state index >= 15 is 0 Å². The SMILES string of the molecule is C[N+](C)(C)CCOC(=O)CI.[I-]. The highest BCUT2D eigenvalue weighted by molar-refractivity contribution is 14.1. The van der Waals surface area contributed by atoms with Crippen molar-refractivity contribution in [3.8, 4) is 0 Å². The summed E-state index contributed by atoms with van der Waals surface area (Å²) in [6, 6.07) is 0. The van der Waals surface area contributed by atoms with E-state index in [1.165, 1.54) is 0 Å². The molecule has 3 nitrogen and oxygen atoms in total. The van der Waals surface area contributed by atoms with E-state index in [1.807, 2.05) is 22.6 Å². The van der Waals surface area contributed by atoms with Crippen LogP contribution in [0.1, 0.15) is 0 Å². The summed E-state index contributed by atoms with van der Waals surface area (Å²) >= 11 is 1.99. The van der Waals surface area contributed by atoms with Gasteiger partial charge in [-0.3, -0.25) is 4.79 Å². The van der Waals surface area contributed by atoms with Gasteiger partial charge in [0.2, 0.25) is 0 Å². The number of alkyl halides is 1. The van der Waals surface area contributed by atoms with Crippen LogP contribution >= 0.6 is 22.6 Å². The fourth-order valence-corrected chi connectivity index (χ4v) is 0.692. The molecular formula is C7H15I2NO2. The van der Waals surface area contributed by atoms with Crippen LogP contribution in [-0.2, 0) is 9.53 Å². The molecule has 0 bridgehead atoms. The molecule has 0 aromatic carbocycles. The van der Waals surface area contributed by atoms with E-state index in [0.29, 0.717) is 11.0 Å². The second kappa shape index (κ2) is 7.31. The largest absolute Gasteiger partial charge is 1.00 e. The minimum atomic E-state index is -0.126. The van der Waals surface area contributed by atoms with E-state index < -0.39 is 0 Å². The lowest BCUT2D eigenvalue weighted by molar-refractivity contribution is -0.870. The molecule has 0 aliphatic carbocycles. The topological polar surface area (TPSA) is 26.3 Å². The van der Waals surface area contributed by atoms with Crippen LogP contribution in [0.5, 0.6) is 0 Å². The summed E-state index contributed by atoms with van der Waals surface area (Å²) in [5, 5.41) is 0. The molecule has 0 radical (unpaired) electrons. The van der Waals surface area contributed by atoms with Gasteiger partial charge in [0.1, 0.15) is 13.2 Å². The van der Waals surface area contributed by atoms with Crippen LogP contribution in [0.2, 0.25) is 0 Å². The van der Waals surface area contributed by atoms with Crippen LogP contribution in [0.4, 0.5) is 0 Å². The average Bonchev–Trinajstić information content (AvgIpc) is 1.85. The first-order valence-corrected chi connectivity index (χ1v) is 5.00. The fraction of sp³-hybridized carbons (Fsp3) is 0.857. The number of carbonyl (C=O) groups is 1. The van der Waals surface area contributed by atoms with Crippen molar-refractivity contribution < 1.29 is 38.0 Å². The maximum Gasteiger partial charge on any atom is 0.315 e. The summed E-state index contributed by atoms with van der Waals surface area (Å²) in [5.74, 6) is -0.126. The quantitative estimate of drug-likeness (QED) is 0.230. The van der Waals surface area contributed by atoms with E-state index in [1.54, 1.807) is 0 Å². The number of esters is 1. The van der Waals surface area contributed by atoms with Gasteiger partial charge >= 0.3 is 5.97 Å². The van der Waals surface area contributed by atoms with Crippen LogP contribution in [0.25, 0.3) is 0 Å². The van der Waals surface area contributed by atoms with E-state index in [-0.39, 0.29) is 29.9 Å². The molecule has 0 fully saturated rings. The Labute approximate surface area is 105 Å². The Morgan fingerprint density at radius 2 is 1.92 bits per heavy atom. The van der Waals surface area contributed by atoms with Crippen LogP contribution in [-0.4, -0.2) is 49.2 Å². The van der Waals surface area contributed by atoms with Crippen molar-refractivity contribution in [2.24, 2.45) is 0 Å². The second-order valence-corrected chi connectivity index (χ2v) is 4.13. The Hall–Kier alpha value is 0.890. The zero-order chi connectivity index (χ0) is 8.91. The van der Waals surface area contributed by atoms with Crippen molar-refractivity contribution in [1.82, 2.24) is 0 Å². The lowest BCUT2D eigenvalue weighted by Gasteiger charge is -2.23. The molecule has 0 aromatic heterocycles. The lowest BCUT2D eigenvalue weighted by Crippen LogP contribution is -3.00. The van der Waals surface area contributed by atoms with Crippen LogP contribution in [0, 0.1) is 0 Å². The van der Waals surface area contributed by atoms with Crippen LogP contribution < -0.4 is 24.0 Å². The van der Waals surface area contributed by atoms with Crippen molar-refractivity contribution >= 4 is 28.6 Å². The number of halogens is 2. The molecule has 0 spiro atoms. The highest BCUT2D eigenvalue weighted by atomic mass is 127. The third-order valence-electron chi connectivity index (χ3n) is 1.13. The smallest absolute Gasteiger partial charge is 0.315 e. The summed E-state index contributed by atoms with van der Waals surface area (Å²) in [7, 11) is 6.20. The van der Waals surface area contributed by atoms with Gasteiger partial charge < -0.3 is 33.2 Å². The molecule has 0 atom stereocenters. The van der Waals surface area contributed by atoms with Gasteiger partial charge in [-0.2, -0.15) is 0 Å². The van der Waals surface area contributed by atoms with Crippen LogP contribution in [0.3, 0.4) is 0 Å². The van der Waals surface area contributed by atoms with Gasteiger partial charge in [0.25, 0.3) is 0 Å². The Morgan fingerprint density at radius 3 is 2.25 bits per heavy atom. The monoisotopic (exact) mass is 399 g/mol. The number of ether oxygens (including phenoxy) is 1. The van der Waals surface area contributed by atoms with Crippen LogP contribution in [0.15, 0.2) is 0 Å². The molecule has 0 N–H and O–H groups in total. The Balaban J connectivity index is 0. The van der Waals surface area contributed by atoms with E-state index in [2.05, 4.69) is 21.1 Å². The standard InChI is InChI=1S/C7H15INO2.HI/c1-9(2,3)4-5-11-7(10)6-8;/h4-6H2,1-3H3;1H/q+1;/p-1. The van der Waals surface area contributed by atoms with Crippen molar-refractivity contribution in [1.29, 1.82) is 0 Å². The van der Waals surface area contributed by atoms with Gasteiger partial charge in [0.15, 0.2) is 0 Å². The maximum absolute atomic E-state index is 10.7. The Morgan fingerprint density at radius 1 is 1.42 bits per heavy atom. The van der Waals surface area contributed by atoms with Crippen molar-refractivity contribution in [3.05, 3.63) is 0 Å². The predicted molar refractivity (Wildman–Crippen MR) is 52.7 cm³/mol. The van der Waals surface area contributed by atoms with Crippen molar-refractivity contribution in [2.75, 3.05) is 38.7 Å². The number of rotatable bonds is 4. The summed E-state index contributed by atoms with van der Waals surface area (Å²) in [4.78, 5) is 10.7. The highest BCUT2D eigenvalue weighted by Gasteiger charge is 2.07. The first-order chi connectivity index (χ1) is 4.95. The summed E-state index contributed by atoms with van der Waals surface area (Å²) in [5.41, 5.74) is 0. The van der Waals surface area contributed by atoms with Gasteiger partial charge in [0, 0.05) is 0 Å². The average molecular weight is 399 g/mol. The molecule has 0 aliphatic rings. The normalized spacial score (nSPS) is 10.3. The fourth-order valence-electron chi connectivity index (χ4n) is 0.472. The van der Waals surface area contributed by atoms with Gasteiger partial charge in [-0.15, -0.1) is 0 Å². The summed E-state index contributed by atoms with van der Waals surface area (Å²) in [6.07, 6.45) is 0. The van der Waals surface area contributed by atoms with Gasteiger partial charge in [-0.1, -0.05) is 22.6 Å². The number of hydrogen-bond acceptors (Lipinski definition) is 2. The minimum absolute atomic E-state index is 0. The van der Waals surface area contributed by atoms with Crippen molar-refractivity contribution in [3.63, 3.8) is 0 Å². The first-order valence-electron chi connectivity index (χ1n) is 3.48. The summed E-state index contributed by atoms with van der Waals surface area (Å²) in [6.45, 7) is 1.38. The Bertz CT molecular complexity index is 134. The number of nitrogens with zero attached hydrogens (tertiary/aromatic N) is 1. The van der Waals surface area contributed by atoms with Gasteiger partial charge in [0.05, 0.1) is 25.6 Å². The maximum atomic E-state index is 10.7. The second-order valence-electron chi connectivity index (χ2n) is 3.37. The molecule has 0 heterocycles.